The third-order valence-corrected chi connectivity index (χ3v) is 3.65. The Morgan fingerprint density at radius 1 is 1.20 bits per heavy atom. The molecule has 4 heteroatoms. The van der Waals surface area contributed by atoms with E-state index in [2.05, 4.69) is 36.0 Å². The largest absolute Gasteiger partial charge is 0.454 e. The maximum atomic E-state index is 5.41. The van der Waals surface area contributed by atoms with Crippen LogP contribution in [0.2, 0.25) is 0 Å². The zero-order valence-electron chi connectivity index (χ0n) is 11.7. The summed E-state index contributed by atoms with van der Waals surface area (Å²) in [7, 11) is 2.10. The quantitative estimate of drug-likeness (QED) is 0.855. The third-order valence-electron chi connectivity index (χ3n) is 3.65. The van der Waals surface area contributed by atoms with Crippen LogP contribution in [0.25, 0.3) is 0 Å². The normalized spacial score (nSPS) is 14.6. The maximum Gasteiger partial charge on any atom is 0.231 e. The maximum absolute atomic E-state index is 5.41. The molecule has 20 heavy (non-hydrogen) atoms. The molecule has 104 valence electrons. The second-order valence-electron chi connectivity index (χ2n) is 5.03. The Balaban J connectivity index is 1.71. The summed E-state index contributed by atoms with van der Waals surface area (Å²) in [4.78, 5) is 6.68. The van der Waals surface area contributed by atoms with E-state index in [1.807, 2.05) is 30.5 Å². The van der Waals surface area contributed by atoms with E-state index in [1.165, 1.54) is 5.56 Å². The van der Waals surface area contributed by atoms with Crippen molar-refractivity contribution in [3.63, 3.8) is 0 Å². The molecule has 1 aliphatic rings. The second kappa shape index (κ2) is 5.51. The number of hydrogen-bond donors (Lipinski definition) is 0. The zero-order chi connectivity index (χ0) is 13.9. The molecular weight excluding hydrogens is 252 g/mol. The third kappa shape index (κ3) is 2.60. The molecule has 0 bridgehead atoms. The van der Waals surface area contributed by atoms with Crippen LogP contribution in [0.3, 0.4) is 0 Å². The Morgan fingerprint density at radius 2 is 2.05 bits per heavy atom. The lowest BCUT2D eigenvalue weighted by atomic mass is 10.1. The van der Waals surface area contributed by atoms with Gasteiger partial charge in [-0.25, -0.2) is 0 Å². The molecule has 1 atom stereocenters. The summed E-state index contributed by atoms with van der Waals surface area (Å²) in [6, 6.07) is 12.4. The summed E-state index contributed by atoms with van der Waals surface area (Å²) < 4.78 is 10.7. The Bertz CT molecular complexity index is 586. The predicted octanol–water partition coefficient (Wildman–Crippen LogP) is 3.00. The molecule has 3 rings (SSSR count). The van der Waals surface area contributed by atoms with Crippen LogP contribution < -0.4 is 9.47 Å². The average Bonchev–Trinajstić information content (AvgIpc) is 2.95. The highest BCUT2D eigenvalue weighted by molar-refractivity contribution is 5.44. The van der Waals surface area contributed by atoms with Crippen molar-refractivity contribution >= 4 is 0 Å². The summed E-state index contributed by atoms with van der Waals surface area (Å²) >= 11 is 0. The van der Waals surface area contributed by atoms with Gasteiger partial charge in [0.25, 0.3) is 0 Å². The van der Waals surface area contributed by atoms with Gasteiger partial charge in [0.1, 0.15) is 0 Å². The molecule has 0 saturated carbocycles. The molecule has 1 aromatic carbocycles. The van der Waals surface area contributed by atoms with Gasteiger partial charge in [-0.1, -0.05) is 12.1 Å². The van der Waals surface area contributed by atoms with Gasteiger partial charge < -0.3 is 9.47 Å². The lowest BCUT2D eigenvalue weighted by molar-refractivity contribution is 0.174. The van der Waals surface area contributed by atoms with Crippen molar-refractivity contribution in [3.05, 3.63) is 53.9 Å². The molecule has 0 fully saturated rings. The molecule has 0 radical (unpaired) electrons. The van der Waals surface area contributed by atoms with E-state index < -0.39 is 0 Å². The van der Waals surface area contributed by atoms with E-state index in [4.69, 9.17) is 9.47 Å². The number of benzene rings is 1. The summed E-state index contributed by atoms with van der Waals surface area (Å²) in [6.07, 6.45) is 1.83. The SMILES string of the molecule is CC(c1ccccn1)N(C)Cc1ccc2c(c1)OCO2. The molecule has 2 heterocycles. The first-order valence-electron chi connectivity index (χ1n) is 6.74. The van der Waals surface area contributed by atoms with Crippen LogP contribution >= 0.6 is 0 Å². The van der Waals surface area contributed by atoms with Gasteiger partial charge in [0.2, 0.25) is 6.79 Å². The minimum absolute atomic E-state index is 0.265. The minimum atomic E-state index is 0.265. The van der Waals surface area contributed by atoms with Crippen LogP contribution in [0.1, 0.15) is 24.2 Å². The van der Waals surface area contributed by atoms with Gasteiger partial charge in [-0.15, -0.1) is 0 Å². The molecule has 0 spiro atoms. The minimum Gasteiger partial charge on any atom is -0.454 e. The number of pyridine rings is 1. The highest BCUT2D eigenvalue weighted by Crippen LogP contribution is 2.33. The van der Waals surface area contributed by atoms with Gasteiger partial charge in [-0.2, -0.15) is 0 Å². The van der Waals surface area contributed by atoms with E-state index in [9.17, 15) is 0 Å². The Labute approximate surface area is 119 Å². The predicted molar refractivity (Wildman–Crippen MR) is 76.7 cm³/mol. The molecule has 0 saturated heterocycles. The van der Waals surface area contributed by atoms with Gasteiger partial charge in [0, 0.05) is 18.8 Å². The second-order valence-corrected chi connectivity index (χ2v) is 5.03. The fourth-order valence-corrected chi connectivity index (χ4v) is 2.31. The van der Waals surface area contributed by atoms with Gasteiger partial charge in [0.05, 0.1) is 5.69 Å². The van der Waals surface area contributed by atoms with E-state index in [0.29, 0.717) is 6.79 Å². The van der Waals surface area contributed by atoms with E-state index in [1.54, 1.807) is 0 Å². The fraction of sp³-hybridized carbons (Fsp3) is 0.312. The van der Waals surface area contributed by atoms with Crippen LogP contribution in [-0.2, 0) is 6.54 Å². The van der Waals surface area contributed by atoms with Crippen molar-refractivity contribution in [1.29, 1.82) is 0 Å². The van der Waals surface area contributed by atoms with Crippen molar-refractivity contribution in [3.8, 4) is 11.5 Å². The first-order valence-corrected chi connectivity index (χ1v) is 6.74. The number of hydrogen-bond acceptors (Lipinski definition) is 4. The van der Waals surface area contributed by atoms with Crippen LogP contribution in [0.4, 0.5) is 0 Å². The Hall–Kier alpha value is -2.07. The van der Waals surface area contributed by atoms with Gasteiger partial charge >= 0.3 is 0 Å². The topological polar surface area (TPSA) is 34.6 Å². The lowest BCUT2D eigenvalue weighted by Crippen LogP contribution is -2.22. The lowest BCUT2D eigenvalue weighted by Gasteiger charge is -2.24. The van der Waals surface area contributed by atoms with Gasteiger partial charge in [-0.05, 0) is 43.8 Å². The molecule has 1 aromatic heterocycles. The Morgan fingerprint density at radius 3 is 2.85 bits per heavy atom. The number of fused-ring (bicyclic) bond motifs is 1. The first-order chi connectivity index (χ1) is 9.74. The molecule has 1 unspecified atom stereocenters. The standard InChI is InChI=1S/C16H18N2O2/c1-12(14-5-3-4-8-17-14)18(2)10-13-6-7-15-16(9-13)20-11-19-15/h3-9,12H,10-11H2,1-2H3. The summed E-state index contributed by atoms with van der Waals surface area (Å²) in [5.41, 5.74) is 2.29. The van der Waals surface area contributed by atoms with Crippen LogP contribution in [0, 0.1) is 0 Å². The molecule has 4 nitrogen and oxygen atoms in total. The van der Waals surface area contributed by atoms with Crippen LogP contribution in [0.5, 0.6) is 11.5 Å². The first kappa shape index (κ1) is 12.9. The molecule has 2 aromatic rings. The molecule has 0 aliphatic carbocycles. The molecule has 0 N–H and O–H groups in total. The molecule has 1 aliphatic heterocycles. The average molecular weight is 270 g/mol. The summed E-state index contributed by atoms with van der Waals surface area (Å²) in [6.45, 7) is 3.32. The fourth-order valence-electron chi connectivity index (χ4n) is 2.31. The highest BCUT2D eigenvalue weighted by atomic mass is 16.7. The smallest absolute Gasteiger partial charge is 0.231 e. The van der Waals surface area contributed by atoms with Crippen LogP contribution in [0.15, 0.2) is 42.6 Å². The highest BCUT2D eigenvalue weighted by Gasteiger charge is 2.16. The summed E-state index contributed by atoms with van der Waals surface area (Å²) in [5, 5.41) is 0. The van der Waals surface area contributed by atoms with Gasteiger partial charge in [-0.3, -0.25) is 9.88 Å². The van der Waals surface area contributed by atoms with E-state index in [-0.39, 0.29) is 6.04 Å². The van der Waals surface area contributed by atoms with Crippen molar-refractivity contribution in [1.82, 2.24) is 9.88 Å². The van der Waals surface area contributed by atoms with Crippen LogP contribution in [-0.4, -0.2) is 23.7 Å². The Kier molecular flexibility index (Phi) is 3.56. The number of rotatable bonds is 4. The van der Waals surface area contributed by atoms with E-state index in [0.717, 1.165) is 23.7 Å². The van der Waals surface area contributed by atoms with Crippen molar-refractivity contribution in [2.75, 3.05) is 13.8 Å². The summed E-state index contributed by atoms with van der Waals surface area (Å²) in [5.74, 6) is 1.66. The number of nitrogens with zero attached hydrogens (tertiary/aromatic N) is 2. The zero-order valence-corrected chi connectivity index (χ0v) is 11.7. The van der Waals surface area contributed by atoms with Crippen molar-refractivity contribution in [2.45, 2.75) is 19.5 Å². The number of ether oxygens (including phenoxy) is 2. The molecular formula is C16H18N2O2. The van der Waals surface area contributed by atoms with Crippen molar-refractivity contribution < 1.29 is 9.47 Å². The van der Waals surface area contributed by atoms with Gasteiger partial charge in [0.15, 0.2) is 11.5 Å². The number of aromatic nitrogens is 1. The van der Waals surface area contributed by atoms with Crippen molar-refractivity contribution in [2.24, 2.45) is 0 Å². The molecule has 0 amide bonds. The monoisotopic (exact) mass is 270 g/mol. The van der Waals surface area contributed by atoms with E-state index >= 15 is 0 Å².